The van der Waals surface area contributed by atoms with Crippen molar-refractivity contribution < 1.29 is 0 Å². The topological polar surface area (TPSA) is 55.3 Å². The Kier molecular flexibility index (Phi) is 2.55. The number of hydrazine groups is 1. The summed E-state index contributed by atoms with van der Waals surface area (Å²) in [6.07, 6.45) is 1.00. The highest BCUT2D eigenvalue weighted by atomic mass is 15.4. The van der Waals surface area contributed by atoms with Crippen LogP contribution in [0.5, 0.6) is 0 Å². The normalized spacial score (nSPS) is 9.92. The maximum Gasteiger partial charge on any atom is 0.0746 e. The monoisotopic (exact) mass is 165 g/mol. The molecule has 3 nitrogen and oxygen atoms in total. The SMILES string of the molecule is CCc1ccc(N)c(N(C)N)c1. The molecule has 0 bridgehead atoms. The lowest BCUT2D eigenvalue weighted by molar-refractivity contribution is 1.01. The zero-order chi connectivity index (χ0) is 9.14. The summed E-state index contributed by atoms with van der Waals surface area (Å²) in [4.78, 5) is 0. The third kappa shape index (κ3) is 1.68. The molecule has 0 heterocycles. The van der Waals surface area contributed by atoms with Gasteiger partial charge in [0, 0.05) is 7.05 Å². The Morgan fingerprint density at radius 2 is 2.08 bits per heavy atom. The summed E-state index contributed by atoms with van der Waals surface area (Å²) in [6, 6.07) is 5.91. The molecular weight excluding hydrogens is 150 g/mol. The molecule has 1 rings (SSSR count). The first-order valence-corrected chi connectivity index (χ1v) is 4.02. The van der Waals surface area contributed by atoms with Crippen LogP contribution in [0.4, 0.5) is 11.4 Å². The average Bonchev–Trinajstić information content (AvgIpc) is 2.05. The van der Waals surface area contributed by atoms with Gasteiger partial charge >= 0.3 is 0 Å². The molecule has 0 fully saturated rings. The molecule has 0 radical (unpaired) electrons. The Labute approximate surface area is 72.9 Å². The quantitative estimate of drug-likeness (QED) is 0.392. The summed E-state index contributed by atoms with van der Waals surface area (Å²) < 4.78 is 0. The summed E-state index contributed by atoms with van der Waals surface area (Å²) in [6.45, 7) is 2.10. The molecule has 0 aliphatic carbocycles. The van der Waals surface area contributed by atoms with Crippen LogP contribution in [0.15, 0.2) is 18.2 Å². The standard InChI is InChI=1S/C9H15N3/c1-3-7-4-5-8(10)9(6-7)12(2)11/h4-6H,3,10-11H2,1-2H3. The Bertz CT molecular complexity index is 268. The minimum Gasteiger partial charge on any atom is -0.397 e. The second-order valence-electron chi connectivity index (χ2n) is 2.86. The first-order valence-electron chi connectivity index (χ1n) is 4.02. The number of nitrogens with two attached hydrogens (primary N) is 2. The molecule has 0 spiro atoms. The van der Waals surface area contributed by atoms with Gasteiger partial charge in [-0.15, -0.1) is 0 Å². The summed E-state index contributed by atoms with van der Waals surface area (Å²) in [5.74, 6) is 5.59. The third-order valence-electron chi connectivity index (χ3n) is 1.88. The Morgan fingerprint density at radius 1 is 1.42 bits per heavy atom. The summed E-state index contributed by atoms with van der Waals surface area (Å²) in [7, 11) is 1.78. The maximum absolute atomic E-state index is 5.72. The molecule has 0 unspecified atom stereocenters. The molecule has 0 aliphatic rings. The highest BCUT2D eigenvalue weighted by Gasteiger charge is 2.01. The molecule has 12 heavy (non-hydrogen) atoms. The summed E-state index contributed by atoms with van der Waals surface area (Å²) in [5, 5.41) is 1.54. The van der Waals surface area contributed by atoms with Gasteiger partial charge in [-0.2, -0.15) is 0 Å². The molecule has 0 aliphatic heterocycles. The first kappa shape index (κ1) is 8.87. The van der Waals surface area contributed by atoms with Crippen LogP contribution in [-0.2, 0) is 6.42 Å². The van der Waals surface area contributed by atoms with E-state index in [-0.39, 0.29) is 0 Å². The van der Waals surface area contributed by atoms with Crippen LogP contribution in [0.1, 0.15) is 12.5 Å². The predicted octanol–water partition coefficient (Wildman–Crippen LogP) is 1.14. The van der Waals surface area contributed by atoms with E-state index in [2.05, 4.69) is 6.92 Å². The van der Waals surface area contributed by atoms with Crippen LogP contribution in [0.25, 0.3) is 0 Å². The van der Waals surface area contributed by atoms with E-state index in [1.165, 1.54) is 10.6 Å². The molecule has 0 saturated carbocycles. The number of hydrogen-bond acceptors (Lipinski definition) is 3. The minimum absolute atomic E-state index is 0.720. The zero-order valence-corrected chi connectivity index (χ0v) is 7.54. The maximum atomic E-state index is 5.72. The van der Waals surface area contributed by atoms with E-state index in [1.54, 1.807) is 7.05 Å². The van der Waals surface area contributed by atoms with Crippen molar-refractivity contribution in [1.29, 1.82) is 0 Å². The number of aryl methyl sites for hydroxylation is 1. The van der Waals surface area contributed by atoms with Gasteiger partial charge in [0.2, 0.25) is 0 Å². The second-order valence-corrected chi connectivity index (χ2v) is 2.86. The molecule has 0 aromatic heterocycles. The van der Waals surface area contributed by atoms with Crippen LogP contribution in [0.2, 0.25) is 0 Å². The number of anilines is 2. The lowest BCUT2D eigenvalue weighted by Crippen LogP contribution is -2.26. The van der Waals surface area contributed by atoms with Gasteiger partial charge in [-0.25, -0.2) is 5.84 Å². The molecule has 3 heteroatoms. The molecule has 0 atom stereocenters. The Hall–Kier alpha value is -1.22. The van der Waals surface area contributed by atoms with E-state index < -0.39 is 0 Å². The lowest BCUT2D eigenvalue weighted by atomic mass is 10.1. The highest BCUT2D eigenvalue weighted by Crippen LogP contribution is 2.21. The number of benzene rings is 1. The fourth-order valence-corrected chi connectivity index (χ4v) is 1.11. The van der Waals surface area contributed by atoms with Gasteiger partial charge in [0.1, 0.15) is 0 Å². The van der Waals surface area contributed by atoms with E-state index in [0.717, 1.165) is 17.8 Å². The number of hydrogen-bond donors (Lipinski definition) is 2. The van der Waals surface area contributed by atoms with Gasteiger partial charge in [0.25, 0.3) is 0 Å². The van der Waals surface area contributed by atoms with Gasteiger partial charge in [0.05, 0.1) is 11.4 Å². The smallest absolute Gasteiger partial charge is 0.0746 e. The number of nitrogens with zero attached hydrogens (tertiary/aromatic N) is 1. The van der Waals surface area contributed by atoms with Crippen molar-refractivity contribution in [3.8, 4) is 0 Å². The second kappa shape index (κ2) is 3.45. The van der Waals surface area contributed by atoms with E-state index >= 15 is 0 Å². The van der Waals surface area contributed by atoms with Crippen LogP contribution >= 0.6 is 0 Å². The van der Waals surface area contributed by atoms with Gasteiger partial charge < -0.3 is 10.7 Å². The molecule has 1 aromatic rings. The molecule has 0 saturated heterocycles. The molecule has 0 amide bonds. The molecule has 4 N–H and O–H groups in total. The highest BCUT2D eigenvalue weighted by molar-refractivity contribution is 5.67. The van der Waals surface area contributed by atoms with E-state index in [9.17, 15) is 0 Å². The van der Waals surface area contributed by atoms with Gasteiger partial charge in [-0.05, 0) is 24.1 Å². The average molecular weight is 165 g/mol. The van der Waals surface area contributed by atoms with Crippen LogP contribution in [0.3, 0.4) is 0 Å². The van der Waals surface area contributed by atoms with Crippen molar-refractivity contribution in [3.05, 3.63) is 23.8 Å². The fraction of sp³-hybridized carbons (Fsp3) is 0.333. The van der Waals surface area contributed by atoms with E-state index in [4.69, 9.17) is 11.6 Å². The van der Waals surface area contributed by atoms with Gasteiger partial charge in [-0.1, -0.05) is 13.0 Å². The van der Waals surface area contributed by atoms with Crippen molar-refractivity contribution >= 4 is 11.4 Å². The number of nitrogen functional groups attached to an aromatic ring is 1. The van der Waals surface area contributed by atoms with Crippen LogP contribution in [-0.4, -0.2) is 7.05 Å². The van der Waals surface area contributed by atoms with Crippen molar-refractivity contribution in [3.63, 3.8) is 0 Å². The Morgan fingerprint density at radius 3 is 2.58 bits per heavy atom. The Balaban J connectivity index is 3.08. The predicted molar refractivity (Wildman–Crippen MR) is 52.8 cm³/mol. The van der Waals surface area contributed by atoms with E-state index in [0.29, 0.717) is 0 Å². The number of rotatable bonds is 2. The summed E-state index contributed by atoms with van der Waals surface area (Å²) >= 11 is 0. The van der Waals surface area contributed by atoms with E-state index in [1.807, 2.05) is 18.2 Å². The van der Waals surface area contributed by atoms with Gasteiger partial charge in [-0.3, -0.25) is 0 Å². The third-order valence-corrected chi connectivity index (χ3v) is 1.88. The molecule has 1 aromatic carbocycles. The van der Waals surface area contributed by atoms with Crippen molar-refractivity contribution in [2.24, 2.45) is 5.84 Å². The zero-order valence-electron chi connectivity index (χ0n) is 7.54. The molecular formula is C9H15N3. The van der Waals surface area contributed by atoms with Crippen molar-refractivity contribution in [2.45, 2.75) is 13.3 Å². The van der Waals surface area contributed by atoms with Crippen molar-refractivity contribution in [2.75, 3.05) is 17.8 Å². The summed E-state index contributed by atoms with van der Waals surface area (Å²) in [5.41, 5.74) is 8.57. The lowest BCUT2D eigenvalue weighted by Gasteiger charge is -2.15. The van der Waals surface area contributed by atoms with Crippen LogP contribution in [0, 0.1) is 0 Å². The molecule has 66 valence electrons. The van der Waals surface area contributed by atoms with Gasteiger partial charge in [0.15, 0.2) is 0 Å². The minimum atomic E-state index is 0.720. The fourth-order valence-electron chi connectivity index (χ4n) is 1.11. The van der Waals surface area contributed by atoms with Crippen LogP contribution < -0.4 is 16.6 Å². The largest absolute Gasteiger partial charge is 0.397 e. The van der Waals surface area contributed by atoms with Crippen molar-refractivity contribution in [1.82, 2.24) is 0 Å². The first-order chi connectivity index (χ1) is 5.65.